The Morgan fingerprint density at radius 3 is 2.37 bits per heavy atom. The Bertz CT molecular complexity index is 1220. The molecule has 0 spiro atoms. The van der Waals surface area contributed by atoms with Gasteiger partial charge in [0, 0.05) is 24.2 Å². The molecule has 0 radical (unpaired) electrons. The van der Waals surface area contributed by atoms with E-state index in [4.69, 9.17) is 14.2 Å². The third kappa shape index (κ3) is 4.36. The van der Waals surface area contributed by atoms with E-state index < -0.39 is 11.6 Å². The molecule has 180 valence electrons. The highest BCUT2D eigenvalue weighted by molar-refractivity contribution is 6.08. The van der Waals surface area contributed by atoms with E-state index in [9.17, 15) is 9.90 Å². The van der Waals surface area contributed by atoms with Crippen molar-refractivity contribution < 1.29 is 24.1 Å². The summed E-state index contributed by atoms with van der Waals surface area (Å²) in [7, 11) is 0. The maximum atomic E-state index is 13.4. The highest BCUT2D eigenvalue weighted by Gasteiger charge is 2.49. The molecule has 6 heteroatoms. The maximum Gasteiger partial charge on any atom is 0.338 e. The van der Waals surface area contributed by atoms with Crippen LogP contribution in [0.1, 0.15) is 29.2 Å². The second-order valence-corrected chi connectivity index (χ2v) is 8.62. The van der Waals surface area contributed by atoms with Crippen molar-refractivity contribution in [1.29, 1.82) is 0 Å². The summed E-state index contributed by atoms with van der Waals surface area (Å²) < 4.78 is 17.0. The van der Waals surface area contributed by atoms with Gasteiger partial charge in [-0.25, -0.2) is 4.79 Å². The van der Waals surface area contributed by atoms with E-state index >= 15 is 0 Å². The highest BCUT2D eigenvalue weighted by Crippen LogP contribution is 2.52. The minimum absolute atomic E-state index is 0.208. The van der Waals surface area contributed by atoms with Crippen LogP contribution in [-0.4, -0.2) is 55.6 Å². The molecule has 1 fully saturated rings. The van der Waals surface area contributed by atoms with Gasteiger partial charge in [0.15, 0.2) is 0 Å². The third-order valence-corrected chi connectivity index (χ3v) is 6.51. The Balaban J connectivity index is 1.64. The minimum atomic E-state index is -1.69. The van der Waals surface area contributed by atoms with Crippen LogP contribution in [0.15, 0.2) is 84.4 Å². The zero-order valence-corrected chi connectivity index (χ0v) is 19.8. The molecular weight excluding hydrogens is 442 g/mol. The number of aliphatic hydroxyl groups is 1. The highest BCUT2D eigenvalue weighted by atomic mass is 16.5. The predicted molar refractivity (Wildman–Crippen MR) is 133 cm³/mol. The largest absolute Gasteiger partial charge is 0.478 e. The molecular formula is C29H29NO5. The third-order valence-electron chi connectivity index (χ3n) is 6.51. The second-order valence-electron chi connectivity index (χ2n) is 8.62. The monoisotopic (exact) mass is 471 g/mol. The molecule has 0 aromatic heterocycles. The van der Waals surface area contributed by atoms with Crippen LogP contribution in [0.2, 0.25) is 0 Å². The van der Waals surface area contributed by atoms with Crippen molar-refractivity contribution in [2.45, 2.75) is 12.5 Å². The lowest BCUT2D eigenvalue weighted by atomic mass is 9.83. The van der Waals surface area contributed by atoms with Crippen molar-refractivity contribution in [3.63, 3.8) is 0 Å². The zero-order valence-electron chi connectivity index (χ0n) is 19.8. The Kier molecular flexibility index (Phi) is 6.68. The number of hydrogen-bond donors (Lipinski definition) is 1. The summed E-state index contributed by atoms with van der Waals surface area (Å²) >= 11 is 0. The summed E-state index contributed by atoms with van der Waals surface area (Å²) in [6.45, 7) is 5.40. The van der Waals surface area contributed by atoms with Crippen molar-refractivity contribution in [2.75, 3.05) is 39.6 Å². The van der Waals surface area contributed by atoms with Crippen LogP contribution < -0.4 is 4.74 Å². The zero-order chi connectivity index (χ0) is 24.3. The smallest absolute Gasteiger partial charge is 0.338 e. The van der Waals surface area contributed by atoms with Gasteiger partial charge < -0.3 is 19.3 Å². The summed E-state index contributed by atoms with van der Waals surface area (Å²) in [6, 6.07) is 24.6. The number of nitrogens with zero attached hydrogens (tertiary/aromatic N) is 1. The van der Waals surface area contributed by atoms with Gasteiger partial charge in [-0.3, -0.25) is 4.90 Å². The van der Waals surface area contributed by atoms with Crippen LogP contribution in [0.4, 0.5) is 0 Å². The van der Waals surface area contributed by atoms with E-state index in [-0.39, 0.29) is 12.2 Å². The Morgan fingerprint density at radius 2 is 1.69 bits per heavy atom. The molecule has 1 aliphatic heterocycles. The molecule has 3 aromatic carbocycles. The number of hydrogen-bond acceptors (Lipinski definition) is 6. The van der Waals surface area contributed by atoms with E-state index in [0.717, 1.165) is 24.2 Å². The average molecular weight is 472 g/mol. The van der Waals surface area contributed by atoms with Crippen molar-refractivity contribution in [3.05, 3.63) is 107 Å². The lowest BCUT2D eigenvalue weighted by molar-refractivity contribution is -0.140. The van der Waals surface area contributed by atoms with Gasteiger partial charge in [0.2, 0.25) is 0 Å². The first-order valence-corrected chi connectivity index (χ1v) is 12.0. The van der Waals surface area contributed by atoms with Crippen LogP contribution in [0, 0.1) is 0 Å². The molecule has 1 N–H and O–H groups in total. The van der Waals surface area contributed by atoms with Gasteiger partial charge in [-0.2, -0.15) is 0 Å². The van der Waals surface area contributed by atoms with Gasteiger partial charge in [0.1, 0.15) is 18.1 Å². The molecule has 35 heavy (non-hydrogen) atoms. The van der Waals surface area contributed by atoms with Gasteiger partial charge in [-0.15, -0.1) is 0 Å². The number of rotatable bonds is 7. The molecule has 6 nitrogen and oxygen atoms in total. The normalized spacial score (nSPS) is 19.9. The van der Waals surface area contributed by atoms with E-state index in [2.05, 4.69) is 4.90 Å². The second kappa shape index (κ2) is 10.0. The van der Waals surface area contributed by atoms with Crippen LogP contribution in [-0.2, 0) is 19.9 Å². The molecule has 1 saturated heterocycles. The van der Waals surface area contributed by atoms with Gasteiger partial charge in [-0.05, 0) is 35.7 Å². The summed E-state index contributed by atoms with van der Waals surface area (Å²) in [5.41, 5.74) is 2.02. The molecule has 1 atom stereocenters. The van der Waals surface area contributed by atoms with E-state index in [0.29, 0.717) is 42.4 Å². The van der Waals surface area contributed by atoms with Gasteiger partial charge in [-0.1, -0.05) is 66.7 Å². The topological polar surface area (TPSA) is 68.2 Å². The Morgan fingerprint density at radius 1 is 1.00 bits per heavy atom. The average Bonchev–Trinajstić information content (AvgIpc) is 3.18. The molecule has 1 aliphatic carbocycles. The van der Waals surface area contributed by atoms with Crippen molar-refractivity contribution in [1.82, 2.24) is 4.90 Å². The number of esters is 1. The van der Waals surface area contributed by atoms with Crippen LogP contribution >= 0.6 is 0 Å². The predicted octanol–water partition coefficient (Wildman–Crippen LogP) is 3.97. The van der Waals surface area contributed by atoms with Crippen LogP contribution in [0.25, 0.3) is 5.57 Å². The fraction of sp³-hybridized carbons (Fsp3) is 0.276. The quantitative estimate of drug-likeness (QED) is 0.526. The summed E-state index contributed by atoms with van der Waals surface area (Å²) in [6.07, 6.45) is 0. The van der Waals surface area contributed by atoms with Gasteiger partial charge >= 0.3 is 5.97 Å². The van der Waals surface area contributed by atoms with E-state index in [1.165, 1.54) is 0 Å². The fourth-order valence-electron chi connectivity index (χ4n) is 4.81. The number of benzene rings is 3. The molecule has 0 amide bonds. The first-order valence-electron chi connectivity index (χ1n) is 12.0. The van der Waals surface area contributed by atoms with E-state index in [1.54, 1.807) is 6.92 Å². The molecule has 5 rings (SSSR count). The number of ether oxygens (including phenoxy) is 3. The SMILES string of the molecule is CCOC(=O)C1=C(c2ccccc2)c2ccc(OCN3CCOCC3)cc2C1(O)c1ccccc1. The molecule has 0 bridgehead atoms. The van der Waals surface area contributed by atoms with Crippen LogP contribution in [0.3, 0.4) is 0 Å². The number of carbonyl (C=O) groups is 1. The molecule has 1 heterocycles. The summed E-state index contributed by atoms with van der Waals surface area (Å²) in [4.78, 5) is 15.6. The van der Waals surface area contributed by atoms with E-state index in [1.807, 2.05) is 78.9 Å². The lowest BCUT2D eigenvalue weighted by Gasteiger charge is -2.29. The van der Waals surface area contributed by atoms with Gasteiger partial charge in [0.05, 0.1) is 25.4 Å². The minimum Gasteiger partial charge on any atom is -0.478 e. The van der Waals surface area contributed by atoms with Crippen molar-refractivity contribution >= 4 is 11.5 Å². The Labute approximate surface area is 205 Å². The molecule has 2 aliphatic rings. The standard InChI is InChI=1S/C29H29NO5/c1-2-34-28(31)27-26(21-9-5-3-6-10-21)24-14-13-23(35-20-30-15-17-33-18-16-30)19-25(24)29(27,32)22-11-7-4-8-12-22/h3-14,19,32H,2,15-18,20H2,1H3. The summed E-state index contributed by atoms with van der Waals surface area (Å²) in [5.74, 6) is 0.0896. The fourth-order valence-corrected chi connectivity index (χ4v) is 4.81. The van der Waals surface area contributed by atoms with Crippen molar-refractivity contribution in [2.24, 2.45) is 0 Å². The number of morpholine rings is 1. The van der Waals surface area contributed by atoms with Crippen molar-refractivity contribution in [3.8, 4) is 5.75 Å². The van der Waals surface area contributed by atoms with Crippen LogP contribution in [0.5, 0.6) is 5.75 Å². The Hall–Kier alpha value is -3.45. The molecule has 0 saturated carbocycles. The number of carbonyl (C=O) groups excluding carboxylic acids is 1. The molecule has 3 aromatic rings. The molecule has 1 unspecified atom stereocenters. The summed E-state index contributed by atoms with van der Waals surface area (Å²) in [5, 5.41) is 12.4. The first-order chi connectivity index (χ1) is 17.1. The number of fused-ring (bicyclic) bond motifs is 1. The maximum absolute atomic E-state index is 13.4. The van der Waals surface area contributed by atoms with Gasteiger partial charge in [0.25, 0.3) is 0 Å². The first kappa shape index (κ1) is 23.3. The lowest BCUT2D eigenvalue weighted by Crippen LogP contribution is -2.38.